The summed E-state index contributed by atoms with van der Waals surface area (Å²) in [5, 5.41) is 7.58. The summed E-state index contributed by atoms with van der Waals surface area (Å²) in [4.78, 5) is 24.5. The van der Waals surface area contributed by atoms with Crippen LogP contribution in [-0.4, -0.2) is 54.4 Å². The van der Waals surface area contributed by atoms with Crippen molar-refractivity contribution >= 4 is 18.3 Å². The molecule has 1 N–H and O–H groups in total. The quantitative estimate of drug-likeness (QED) is 0.375. The van der Waals surface area contributed by atoms with Crippen LogP contribution >= 0.6 is 0 Å². The molecule has 1 aliphatic heterocycles. The third-order valence-electron chi connectivity index (χ3n) is 3.60. The molecule has 1 aromatic carbocycles. The van der Waals surface area contributed by atoms with Gasteiger partial charge in [0.05, 0.1) is 6.54 Å². The average molecular weight is 366 g/mol. The number of benzene rings is 1. The summed E-state index contributed by atoms with van der Waals surface area (Å²) in [5.74, 6) is -1.50. The fraction of sp³-hybridized carbons (Fsp3) is 0.353. The van der Waals surface area contributed by atoms with Gasteiger partial charge in [-0.15, -0.1) is 0 Å². The maximum absolute atomic E-state index is 13.2. The second-order valence-electron chi connectivity index (χ2n) is 5.64. The van der Waals surface area contributed by atoms with Gasteiger partial charge in [-0.05, 0) is 25.1 Å². The van der Waals surface area contributed by atoms with E-state index in [2.05, 4.69) is 10.4 Å². The Morgan fingerprint density at radius 1 is 1.42 bits per heavy atom. The first-order chi connectivity index (χ1) is 12.4. The number of rotatable bonds is 5. The van der Waals surface area contributed by atoms with Crippen molar-refractivity contribution in [3.63, 3.8) is 0 Å². The minimum Gasteiger partial charge on any atom is -0.488 e. The van der Waals surface area contributed by atoms with Gasteiger partial charge < -0.3 is 9.64 Å². The molecular formula is C17H20F2N4O3. The molecule has 1 saturated heterocycles. The van der Waals surface area contributed by atoms with Crippen LogP contribution in [0.3, 0.4) is 0 Å². The largest absolute Gasteiger partial charge is 0.488 e. The zero-order valence-corrected chi connectivity index (χ0v) is 14.5. The minimum absolute atomic E-state index is 0.208. The summed E-state index contributed by atoms with van der Waals surface area (Å²) >= 11 is 0. The van der Waals surface area contributed by atoms with Gasteiger partial charge in [0, 0.05) is 26.1 Å². The predicted octanol–water partition coefficient (Wildman–Crippen LogP) is 2.11. The number of carbonyl (C=O) groups excluding carboxylic acids is 2. The highest BCUT2D eigenvalue weighted by Crippen LogP contribution is 2.20. The number of hydrogen-bond donors (Lipinski definition) is 1. The van der Waals surface area contributed by atoms with Gasteiger partial charge in [0.2, 0.25) is 6.41 Å². The number of nitrogens with one attached hydrogen (secondary N) is 1. The van der Waals surface area contributed by atoms with Crippen molar-refractivity contribution in [2.75, 3.05) is 20.1 Å². The van der Waals surface area contributed by atoms with E-state index in [1.54, 1.807) is 19.1 Å². The molecule has 0 radical (unpaired) electrons. The van der Waals surface area contributed by atoms with Gasteiger partial charge in [0.1, 0.15) is 11.9 Å². The number of ether oxygens (including phenoxy) is 1. The molecule has 7 nitrogen and oxygen atoms in total. The van der Waals surface area contributed by atoms with E-state index in [-0.39, 0.29) is 24.2 Å². The Labute approximate surface area is 149 Å². The smallest absolute Gasteiger partial charge is 0.323 e. The Balaban J connectivity index is 1.94. The summed E-state index contributed by atoms with van der Waals surface area (Å²) < 4.78 is 31.8. The number of urea groups is 1. The summed E-state index contributed by atoms with van der Waals surface area (Å²) in [6, 6.07) is 2.92. The zero-order chi connectivity index (χ0) is 19.1. The lowest BCUT2D eigenvalue weighted by Crippen LogP contribution is -2.42. The first-order valence-electron chi connectivity index (χ1n) is 8.00. The van der Waals surface area contributed by atoms with Crippen LogP contribution in [0.4, 0.5) is 13.6 Å². The monoisotopic (exact) mass is 366 g/mol. The highest BCUT2D eigenvalue weighted by atomic mass is 19.2. The van der Waals surface area contributed by atoms with Crippen LogP contribution in [0.2, 0.25) is 0 Å². The Morgan fingerprint density at radius 3 is 2.85 bits per heavy atom. The molecule has 1 aromatic rings. The van der Waals surface area contributed by atoms with Crippen LogP contribution in [0.5, 0.6) is 5.75 Å². The molecule has 140 valence electrons. The molecular weight excluding hydrogens is 346 g/mol. The van der Waals surface area contributed by atoms with Gasteiger partial charge in [0.15, 0.2) is 17.5 Å². The number of amides is 3. The lowest BCUT2D eigenvalue weighted by atomic mass is 10.3. The van der Waals surface area contributed by atoms with Crippen molar-refractivity contribution in [2.45, 2.75) is 19.4 Å². The first kappa shape index (κ1) is 19.4. The third kappa shape index (κ3) is 5.27. The van der Waals surface area contributed by atoms with Crippen LogP contribution in [0.15, 0.2) is 35.5 Å². The number of halogens is 2. The maximum atomic E-state index is 13.2. The first-order valence-corrected chi connectivity index (χ1v) is 8.00. The molecule has 26 heavy (non-hydrogen) atoms. The second-order valence-corrected chi connectivity index (χ2v) is 5.64. The van der Waals surface area contributed by atoms with E-state index in [0.717, 1.165) is 17.1 Å². The molecule has 0 aliphatic carbocycles. The number of allylic oxidation sites excluding steroid dienone is 1. The number of amidine groups is 1. The lowest BCUT2D eigenvalue weighted by Gasteiger charge is -2.18. The lowest BCUT2D eigenvalue weighted by molar-refractivity contribution is -0.117. The van der Waals surface area contributed by atoms with Gasteiger partial charge in [-0.1, -0.05) is 6.08 Å². The van der Waals surface area contributed by atoms with Crippen molar-refractivity contribution in [3.05, 3.63) is 42.0 Å². The normalized spacial score (nSPS) is 17.5. The van der Waals surface area contributed by atoms with E-state index in [0.29, 0.717) is 19.4 Å². The zero-order valence-electron chi connectivity index (χ0n) is 14.5. The van der Waals surface area contributed by atoms with Crippen LogP contribution in [-0.2, 0) is 4.79 Å². The summed E-state index contributed by atoms with van der Waals surface area (Å²) in [6.07, 6.45) is 3.97. The van der Waals surface area contributed by atoms with E-state index in [1.807, 2.05) is 0 Å². The minimum atomic E-state index is -0.985. The summed E-state index contributed by atoms with van der Waals surface area (Å²) in [7, 11) is 1.45. The van der Waals surface area contributed by atoms with E-state index in [9.17, 15) is 18.4 Å². The summed E-state index contributed by atoms with van der Waals surface area (Å²) in [5.41, 5.74) is 0. The Kier molecular flexibility index (Phi) is 6.65. The number of hydrazone groups is 1. The third-order valence-corrected chi connectivity index (χ3v) is 3.60. The van der Waals surface area contributed by atoms with Crippen molar-refractivity contribution in [3.8, 4) is 5.75 Å². The fourth-order valence-corrected chi connectivity index (χ4v) is 2.39. The molecule has 1 unspecified atom stereocenters. The molecule has 0 bridgehead atoms. The molecule has 0 aromatic heterocycles. The molecule has 1 aliphatic rings. The molecule has 0 spiro atoms. The Morgan fingerprint density at radius 2 is 2.19 bits per heavy atom. The van der Waals surface area contributed by atoms with Crippen molar-refractivity contribution < 1.29 is 23.1 Å². The van der Waals surface area contributed by atoms with E-state index < -0.39 is 17.7 Å². The van der Waals surface area contributed by atoms with Gasteiger partial charge in [-0.2, -0.15) is 5.10 Å². The van der Waals surface area contributed by atoms with Crippen LogP contribution in [0.25, 0.3) is 0 Å². The predicted molar refractivity (Wildman–Crippen MR) is 91.6 cm³/mol. The standard InChI is InChI=1S/C17H20F2N4O3/c1-3-4-16(21-22(2)11-24)20-17(25)23-8-7-13(10-23)26-12-5-6-14(18)15(19)9-12/h3-6,9,11,13H,7-8,10H2,1-2H3,(H,20,21,25)/b4-3-. The van der Waals surface area contributed by atoms with Crippen molar-refractivity contribution in [1.82, 2.24) is 15.2 Å². The molecule has 3 amide bonds. The van der Waals surface area contributed by atoms with Gasteiger partial charge in [-0.25, -0.2) is 18.6 Å². The van der Waals surface area contributed by atoms with Crippen LogP contribution < -0.4 is 10.1 Å². The molecule has 9 heteroatoms. The Hall–Kier alpha value is -2.97. The van der Waals surface area contributed by atoms with E-state index >= 15 is 0 Å². The van der Waals surface area contributed by atoms with Gasteiger partial charge >= 0.3 is 6.03 Å². The Bertz CT molecular complexity index is 724. The van der Waals surface area contributed by atoms with Gasteiger partial charge in [-0.3, -0.25) is 10.1 Å². The number of carbonyl (C=O) groups is 2. The highest BCUT2D eigenvalue weighted by molar-refractivity contribution is 6.03. The van der Waals surface area contributed by atoms with E-state index in [1.165, 1.54) is 18.0 Å². The van der Waals surface area contributed by atoms with Crippen molar-refractivity contribution in [2.24, 2.45) is 5.10 Å². The molecule has 2 rings (SSSR count). The second kappa shape index (κ2) is 8.93. The number of nitrogens with zero attached hydrogens (tertiary/aromatic N) is 3. The van der Waals surface area contributed by atoms with E-state index in [4.69, 9.17) is 4.74 Å². The number of hydrogen-bond acceptors (Lipinski definition) is 4. The maximum Gasteiger partial charge on any atom is 0.323 e. The highest BCUT2D eigenvalue weighted by Gasteiger charge is 2.28. The van der Waals surface area contributed by atoms with Crippen molar-refractivity contribution in [1.29, 1.82) is 0 Å². The molecule has 1 heterocycles. The van der Waals surface area contributed by atoms with Crippen LogP contribution in [0, 0.1) is 11.6 Å². The topological polar surface area (TPSA) is 74.2 Å². The molecule has 0 saturated carbocycles. The SMILES string of the molecule is C/C=C\C(=N/N(C)C=O)NC(=O)N1CCC(Oc2ccc(F)c(F)c2)C1. The number of likely N-dealkylation sites (tertiary alicyclic amines) is 1. The van der Waals surface area contributed by atoms with Gasteiger partial charge in [0.25, 0.3) is 0 Å². The van der Waals surface area contributed by atoms with Crippen LogP contribution in [0.1, 0.15) is 13.3 Å². The average Bonchev–Trinajstić information content (AvgIpc) is 3.07. The fourth-order valence-electron chi connectivity index (χ4n) is 2.39. The molecule has 1 atom stereocenters. The summed E-state index contributed by atoms with van der Waals surface area (Å²) in [6.45, 7) is 2.48. The molecule has 1 fully saturated rings.